The molecule has 1 saturated heterocycles. The molecule has 0 spiro atoms. The second kappa shape index (κ2) is 6.75. The molecule has 1 aliphatic heterocycles. The Morgan fingerprint density at radius 2 is 1.15 bits per heavy atom. The molecule has 0 radical (unpaired) electrons. The molecule has 0 bridgehead atoms. The van der Waals surface area contributed by atoms with Crippen molar-refractivity contribution in [1.82, 2.24) is 5.06 Å². The van der Waals surface area contributed by atoms with Gasteiger partial charge in [0.25, 0.3) is 5.91 Å². The van der Waals surface area contributed by atoms with Crippen molar-refractivity contribution in [3.05, 3.63) is 108 Å². The number of nitrogens with zero attached hydrogens (tertiary/aromatic N) is 1. The maximum atomic E-state index is 12.9. The highest BCUT2D eigenvalue weighted by molar-refractivity contribution is 5.84. The van der Waals surface area contributed by atoms with Crippen molar-refractivity contribution in [1.29, 1.82) is 0 Å². The fourth-order valence-electron chi connectivity index (χ4n) is 3.59. The van der Waals surface area contributed by atoms with E-state index in [1.165, 1.54) is 5.06 Å². The van der Waals surface area contributed by atoms with Crippen LogP contribution in [0.15, 0.2) is 91.0 Å². The summed E-state index contributed by atoms with van der Waals surface area (Å²) in [6, 6.07) is 29.1. The van der Waals surface area contributed by atoms with Crippen LogP contribution in [-0.2, 0) is 15.2 Å². The molecule has 4 heteroatoms. The molecule has 1 heterocycles. The molecule has 1 aliphatic rings. The highest BCUT2D eigenvalue weighted by Gasteiger charge is 2.50. The minimum absolute atomic E-state index is 0.174. The fourth-order valence-corrected chi connectivity index (χ4v) is 3.59. The molecule has 3 aromatic rings. The lowest BCUT2D eigenvalue weighted by molar-refractivity contribution is -0.183. The molecule has 4 nitrogen and oxygen atoms in total. The predicted molar refractivity (Wildman–Crippen MR) is 100.0 cm³/mol. The summed E-state index contributed by atoms with van der Waals surface area (Å²) < 4.78 is 0. The predicted octanol–water partition coefficient (Wildman–Crippen LogP) is 3.08. The second-order valence-corrected chi connectivity index (χ2v) is 6.34. The summed E-state index contributed by atoms with van der Waals surface area (Å²) in [6.07, 6.45) is 0. The van der Waals surface area contributed by atoms with Gasteiger partial charge in [0.1, 0.15) is 11.6 Å². The lowest BCUT2D eigenvalue weighted by Gasteiger charge is -2.41. The van der Waals surface area contributed by atoms with E-state index in [4.69, 9.17) is 10.6 Å². The molecule has 1 amide bonds. The summed E-state index contributed by atoms with van der Waals surface area (Å²) in [5, 5.41) is 1.46. The number of amides is 1. The quantitative estimate of drug-likeness (QED) is 0.740. The van der Waals surface area contributed by atoms with Crippen LogP contribution in [0.5, 0.6) is 0 Å². The van der Waals surface area contributed by atoms with E-state index in [2.05, 4.69) is 0 Å². The molecule has 1 atom stereocenters. The zero-order chi connectivity index (χ0) is 18.0. The van der Waals surface area contributed by atoms with Crippen molar-refractivity contribution in [2.45, 2.75) is 11.6 Å². The van der Waals surface area contributed by atoms with Gasteiger partial charge in [-0.2, -0.15) is 0 Å². The van der Waals surface area contributed by atoms with Crippen molar-refractivity contribution in [2.75, 3.05) is 6.61 Å². The average molecular weight is 344 g/mol. The maximum Gasteiger partial charge on any atom is 0.267 e. The number of nitrogens with two attached hydrogens (primary N) is 1. The SMILES string of the molecule is N[C@@H]1CON(C(c2ccccc2)(c2ccccc2)c2ccccc2)C1=O. The molecule has 0 aliphatic carbocycles. The van der Waals surface area contributed by atoms with E-state index in [1.807, 2.05) is 91.0 Å². The van der Waals surface area contributed by atoms with Gasteiger partial charge in [-0.1, -0.05) is 91.0 Å². The first-order valence-electron chi connectivity index (χ1n) is 8.63. The van der Waals surface area contributed by atoms with Crippen molar-refractivity contribution < 1.29 is 9.63 Å². The van der Waals surface area contributed by atoms with Gasteiger partial charge < -0.3 is 5.73 Å². The molecule has 26 heavy (non-hydrogen) atoms. The summed E-state index contributed by atoms with van der Waals surface area (Å²) in [7, 11) is 0. The van der Waals surface area contributed by atoms with E-state index in [1.54, 1.807) is 0 Å². The Balaban J connectivity index is 2.06. The lowest BCUT2D eigenvalue weighted by atomic mass is 9.76. The third kappa shape index (κ3) is 2.51. The molecular weight excluding hydrogens is 324 g/mol. The van der Waals surface area contributed by atoms with E-state index in [0.717, 1.165) is 16.7 Å². The second-order valence-electron chi connectivity index (χ2n) is 6.34. The van der Waals surface area contributed by atoms with E-state index < -0.39 is 11.6 Å². The van der Waals surface area contributed by atoms with E-state index in [-0.39, 0.29) is 12.5 Å². The molecule has 0 unspecified atom stereocenters. The van der Waals surface area contributed by atoms with Crippen LogP contribution in [0.2, 0.25) is 0 Å². The van der Waals surface area contributed by atoms with Gasteiger partial charge in [-0.25, -0.2) is 5.06 Å². The number of carbonyl (C=O) groups excluding carboxylic acids is 1. The molecule has 1 fully saturated rings. The van der Waals surface area contributed by atoms with Crippen LogP contribution in [0.3, 0.4) is 0 Å². The highest BCUT2D eigenvalue weighted by Crippen LogP contribution is 2.43. The van der Waals surface area contributed by atoms with Gasteiger partial charge in [-0.15, -0.1) is 0 Å². The van der Waals surface area contributed by atoms with Gasteiger partial charge in [-0.3, -0.25) is 9.63 Å². The smallest absolute Gasteiger partial charge is 0.267 e. The van der Waals surface area contributed by atoms with Crippen LogP contribution < -0.4 is 5.73 Å². The van der Waals surface area contributed by atoms with E-state index >= 15 is 0 Å². The van der Waals surface area contributed by atoms with Crippen LogP contribution in [0.4, 0.5) is 0 Å². The summed E-state index contributed by atoms with van der Waals surface area (Å²) >= 11 is 0. The Bertz CT molecular complexity index is 785. The van der Waals surface area contributed by atoms with Crippen molar-refractivity contribution in [3.63, 3.8) is 0 Å². The maximum absolute atomic E-state index is 12.9. The zero-order valence-corrected chi connectivity index (χ0v) is 14.3. The van der Waals surface area contributed by atoms with E-state index in [9.17, 15) is 4.79 Å². The third-order valence-electron chi connectivity index (χ3n) is 4.78. The van der Waals surface area contributed by atoms with Crippen molar-refractivity contribution >= 4 is 5.91 Å². The molecule has 3 aromatic carbocycles. The van der Waals surface area contributed by atoms with Crippen molar-refractivity contribution in [3.8, 4) is 0 Å². The van der Waals surface area contributed by atoms with Gasteiger partial charge in [0.05, 0.1) is 6.61 Å². The van der Waals surface area contributed by atoms with Gasteiger partial charge in [0.2, 0.25) is 0 Å². The number of benzene rings is 3. The lowest BCUT2D eigenvalue weighted by Crippen LogP contribution is -2.50. The summed E-state index contributed by atoms with van der Waals surface area (Å²) in [5.41, 5.74) is 7.91. The normalized spacial score (nSPS) is 17.5. The standard InChI is InChI=1S/C22H20N2O2/c23-20-16-26-24(21(20)25)22(17-10-4-1-5-11-17,18-12-6-2-7-13-18)19-14-8-3-9-15-19/h1-15,20H,16,23H2/t20-/m1/s1. The van der Waals surface area contributed by atoms with Gasteiger partial charge >= 0.3 is 0 Å². The first-order chi connectivity index (χ1) is 12.7. The number of hydrogen-bond donors (Lipinski definition) is 1. The largest absolute Gasteiger partial charge is 0.318 e. The minimum atomic E-state index is -0.908. The number of carbonyl (C=O) groups is 1. The Morgan fingerprint density at radius 3 is 1.46 bits per heavy atom. The highest BCUT2D eigenvalue weighted by atomic mass is 16.7. The summed E-state index contributed by atoms with van der Waals surface area (Å²) in [4.78, 5) is 18.8. The Labute approximate surface area is 152 Å². The van der Waals surface area contributed by atoms with Crippen LogP contribution in [-0.4, -0.2) is 23.6 Å². The van der Waals surface area contributed by atoms with Crippen LogP contribution >= 0.6 is 0 Å². The van der Waals surface area contributed by atoms with E-state index in [0.29, 0.717) is 0 Å². The Morgan fingerprint density at radius 1 is 0.769 bits per heavy atom. The average Bonchev–Trinajstić information content (AvgIpc) is 3.04. The summed E-state index contributed by atoms with van der Waals surface area (Å²) in [6.45, 7) is 0.174. The van der Waals surface area contributed by atoms with Crippen LogP contribution in [0.1, 0.15) is 16.7 Å². The van der Waals surface area contributed by atoms with Crippen LogP contribution in [0.25, 0.3) is 0 Å². The number of hydroxylamine groups is 2. The monoisotopic (exact) mass is 344 g/mol. The molecule has 130 valence electrons. The van der Waals surface area contributed by atoms with Gasteiger partial charge in [0, 0.05) is 0 Å². The van der Waals surface area contributed by atoms with Crippen molar-refractivity contribution in [2.24, 2.45) is 5.73 Å². The topological polar surface area (TPSA) is 55.6 Å². The number of rotatable bonds is 4. The van der Waals surface area contributed by atoms with Gasteiger partial charge in [-0.05, 0) is 16.7 Å². The Hall–Kier alpha value is -2.95. The molecule has 0 saturated carbocycles. The molecule has 0 aromatic heterocycles. The zero-order valence-electron chi connectivity index (χ0n) is 14.3. The summed E-state index contributed by atoms with van der Waals surface area (Å²) in [5.74, 6) is -0.221. The molecule has 4 rings (SSSR count). The van der Waals surface area contributed by atoms with Gasteiger partial charge in [0.15, 0.2) is 0 Å². The minimum Gasteiger partial charge on any atom is -0.318 e. The molecule has 2 N–H and O–H groups in total. The van der Waals surface area contributed by atoms with Crippen LogP contribution in [0, 0.1) is 0 Å². The number of hydrogen-bond acceptors (Lipinski definition) is 3. The Kier molecular flexibility index (Phi) is 4.29. The third-order valence-corrected chi connectivity index (χ3v) is 4.78. The first-order valence-corrected chi connectivity index (χ1v) is 8.63. The molecular formula is C22H20N2O2. The fraction of sp³-hybridized carbons (Fsp3) is 0.136. The first kappa shape index (κ1) is 16.5.